The van der Waals surface area contributed by atoms with Crippen LogP contribution in [0, 0.1) is 0 Å². The van der Waals surface area contributed by atoms with E-state index in [0.717, 1.165) is 22.7 Å². The van der Waals surface area contributed by atoms with Crippen LogP contribution in [-0.4, -0.2) is 55.7 Å². The first-order valence-electron chi connectivity index (χ1n) is 10.6. The van der Waals surface area contributed by atoms with Crippen LogP contribution in [0.25, 0.3) is 0 Å². The number of anilines is 1. The molecule has 1 aliphatic heterocycles. The minimum Gasteiger partial charge on any atom is -0.497 e. The van der Waals surface area contributed by atoms with E-state index in [0.29, 0.717) is 24.1 Å². The summed E-state index contributed by atoms with van der Waals surface area (Å²) in [6.07, 6.45) is 4.02. The second-order valence-electron chi connectivity index (χ2n) is 8.05. The smallest absolute Gasteiger partial charge is 0.337 e. The molecular weight excluding hydrogens is 481 g/mol. The fraction of sp³-hybridized carbons (Fsp3) is 0.320. The Hall–Kier alpha value is -3.14. The molecule has 2 N–H and O–H groups in total. The van der Waals surface area contributed by atoms with Gasteiger partial charge in [-0.25, -0.2) is 4.79 Å². The van der Waals surface area contributed by atoms with Crippen molar-refractivity contribution in [2.24, 2.45) is 10.2 Å². The molecule has 9 heteroatoms. The summed E-state index contributed by atoms with van der Waals surface area (Å²) in [4.78, 5) is 13.7. The van der Waals surface area contributed by atoms with Crippen molar-refractivity contribution in [3.05, 3.63) is 70.9 Å². The van der Waals surface area contributed by atoms with E-state index >= 15 is 0 Å². The minimum atomic E-state index is -0.453. The average molecular weight is 510 g/mol. The van der Waals surface area contributed by atoms with Crippen molar-refractivity contribution in [2.45, 2.75) is 25.7 Å². The van der Waals surface area contributed by atoms with E-state index in [-0.39, 0.29) is 34.7 Å². The number of rotatable bonds is 8. The molecule has 1 aliphatic rings. The van der Waals surface area contributed by atoms with Gasteiger partial charge >= 0.3 is 5.97 Å². The fourth-order valence-corrected chi connectivity index (χ4v) is 3.87. The van der Waals surface area contributed by atoms with E-state index in [1.165, 1.54) is 13.3 Å². The van der Waals surface area contributed by atoms with Crippen molar-refractivity contribution < 1.29 is 41.3 Å². The van der Waals surface area contributed by atoms with Gasteiger partial charge in [0.25, 0.3) is 0 Å². The molecule has 0 spiro atoms. The number of allylic oxidation sites excluding steroid dienone is 2. The molecule has 0 atom stereocenters. The van der Waals surface area contributed by atoms with Gasteiger partial charge in [0.15, 0.2) is 0 Å². The monoisotopic (exact) mass is 510 g/mol. The number of ether oxygens (including phenoxy) is 2. The Morgan fingerprint density at radius 2 is 1.79 bits per heavy atom. The van der Waals surface area contributed by atoms with Crippen LogP contribution in [0.1, 0.15) is 41.8 Å². The number of hydrogen-bond donors (Lipinski definition) is 2. The van der Waals surface area contributed by atoms with Gasteiger partial charge in [0.05, 0.1) is 26.0 Å². The first-order valence-corrected chi connectivity index (χ1v) is 10.6. The topological polar surface area (TPSA) is 104 Å². The summed E-state index contributed by atoms with van der Waals surface area (Å²) in [5.74, 6) is 0.0645. The van der Waals surface area contributed by atoms with Crippen LogP contribution in [0.5, 0.6) is 5.75 Å². The number of fused-ring (bicyclic) bond motifs is 1. The first kappa shape index (κ1) is 27.1. The Balaban J connectivity index is 0.00000408. The van der Waals surface area contributed by atoms with Gasteiger partial charge in [-0.15, -0.1) is 5.10 Å². The van der Waals surface area contributed by atoms with E-state index < -0.39 is 5.97 Å². The van der Waals surface area contributed by atoms with E-state index in [4.69, 9.17) is 4.74 Å². The quantitative estimate of drug-likeness (QED) is 0.242. The second-order valence-corrected chi connectivity index (χ2v) is 8.05. The predicted octanol–water partition coefficient (Wildman–Crippen LogP) is 3.83. The molecule has 0 aromatic heterocycles. The minimum absolute atomic E-state index is 0. The van der Waals surface area contributed by atoms with Crippen LogP contribution in [-0.2, 0) is 26.9 Å². The Kier molecular flexibility index (Phi) is 9.42. The Labute approximate surface area is 209 Å². The van der Waals surface area contributed by atoms with Gasteiger partial charge in [0.2, 0.25) is 5.90 Å². The summed E-state index contributed by atoms with van der Waals surface area (Å²) in [6, 6.07) is 12.2. The zero-order valence-electron chi connectivity index (χ0n) is 19.6. The third kappa shape index (κ3) is 5.67. The molecule has 3 rings (SSSR count). The Bertz CT molecular complexity index is 1090. The fourth-order valence-electron chi connectivity index (χ4n) is 3.87. The number of hydrogen-bond acceptors (Lipinski definition) is 7. The summed E-state index contributed by atoms with van der Waals surface area (Å²) in [5.41, 5.74) is 3.67. The molecule has 0 bridgehead atoms. The number of carbonyl (C=O) groups is 1. The largest absolute Gasteiger partial charge is 0.497 e. The molecule has 1 heterocycles. The zero-order valence-corrected chi connectivity index (χ0v) is 20.7. The van der Waals surface area contributed by atoms with Crippen molar-refractivity contribution >= 4 is 23.8 Å². The third-order valence-corrected chi connectivity index (χ3v) is 5.65. The van der Waals surface area contributed by atoms with Crippen molar-refractivity contribution in [3.63, 3.8) is 0 Å². The van der Waals surface area contributed by atoms with Crippen molar-refractivity contribution in [1.29, 1.82) is 0 Å². The molecule has 0 saturated heterocycles. The predicted molar refractivity (Wildman–Crippen MR) is 129 cm³/mol. The first-order chi connectivity index (χ1) is 15.8. The van der Waals surface area contributed by atoms with Crippen LogP contribution < -0.4 is 9.64 Å². The van der Waals surface area contributed by atoms with Gasteiger partial charge < -0.3 is 24.6 Å². The van der Waals surface area contributed by atoms with E-state index in [1.54, 1.807) is 31.4 Å². The number of benzene rings is 2. The molecule has 183 valence electrons. The number of aliphatic hydroxyl groups is 2. The summed E-state index contributed by atoms with van der Waals surface area (Å²) in [6.45, 7) is 4.98. The molecule has 2 aromatic rings. The molecule has 1 radical (unpaired) electrons. The molecule has 0 saturated carbocycles. The molecule has 8 nitrogen and oxygen atoms in total. The number of esters is 1. The van der Waals surface area contributed by atoms with Gasteiger partial charge in [-0.3, -0.25) is 0 Å². The van der Waals surface area contributed by atoms with Crippen LogP contribution in [0.15, 0.2) is 64.4 Å². The maximum atomic E-state index is 11.5. The Morgan fingerprint density at radius 1 is 1.12 bits per heavy atom. The van der Waals surface area contributed by atoms with Gasteiger partial charge in [-0.1, -0.05) is 13.8 Å². The molecule has 0 unspecified atom stereocenters. The summed E-state index contributed by atoms with van der Waals surface area (Å²) in [5, 5.41) is 27.4. The van der Waals surface area contributed by atoms with Gasteiger partial charge in [0.1, 0.15) is 5.75 Å². The number of aliphatic hydroxyl groups excluding tert-OH is 2. The molecule has 2 aromatic carbocycles. The van der Waals surface area contributed by atoms with E-state index in [9.17, 15) is 15.0 Å². The molecule has 34 heavy (non-hydrogen) atoms. The van der Waals surface area contributed by atoms with Crippen LogP contribution in [0.2, 0.25) is 0 Å². The van der Waals surface area contributed by atoms with Crippen LogP contribution in [0.3, 0.4) is 0 Å². The van der Waals surface area contributed by atoms with Crippen LogP contribution >= 0.6 is 0 Å². The Morgan fingerprint density at radius 3 is 2.41 bits per heavy atom. The number of methoxy groups -OCH3 is 2. The van der Waals surface area contributed by atoms with E-state index in [1.807, 2.05) is 24.3 Å². The summed E-state index contributed by atoms with van der Waals surface area (Å²) in [7, 11) is 2.95. The maximum absolute atomic E-state index is 11.5. The molecule has 0 amide bonds. The number of carbonyl (C=O) groups excluding carboxylic acids is 1. The standard InChI is InChI=1S/C25H29N3O5.Co/c1-25(2)20-16-19(32-3)10-11-21(20)28(14-5-15-29)22(25)12-13-26-27-23(30)17-6-8-18(9-7-17)24(31)33-4;/h6-13,16,29H,5,14-15H2,1-4H3,(H,27,30);/b22-12-,26-13+;. The van der Waals surface area contributed by atoms with Gasteiger partial charge in [0, 0.05) is 52.3 Å². The van der Waals surface area contributed by atoms with Gasteiger partial charge in [-0.2, -0.15) is 5.10 Å². The zero-order chi connectivity index (χ0) is 24.0. The molecule has 0 aliphatic carbocycles. The van der Waals surface area contributed by atoms with E-state index in [2.05, 4.69) is 33.7 Å². The molecule has 0 fully saturated rings. The summed E-state index contributed by atoms with van der Waals surface area (Å²) >= 11 is 0. The normalized spacial score (nSPS) is 15.9. The number of nitrogens with zero attached hydrogens (tertiary/aromatic N) is 3. The summed E-state index contributed by atoms with van der Waals surface area (Å²) < 4.78 is 10.1. The molecular formula is C25H29CoN3O5. The SMILES string of the molecule is COC(=O)c1ccc(/C(O)=N/N=C/C=C2\N(CCCO)c3ccc(OC)cc3C2(C)C)cc1.[Co]. The van der Waals surface area contributed by atoms with Crippen molar-refractivity contribution in [1.82, 2.24) is 0 Å². The average Bonchev–Trinajstić information content (AvgIpc) is 3.05. The third-order valence-electron chi connectivity index (χ3n) is 5.65. The van der Waals surface area contributed by atoms with Gasteiger partial charge in [-0.05, 0) is 60.5 Å². The van der Waals surface area contributed by atoms with Crippen molar-refractivity contribution in [2.75, 3.05) is 32.3 Å². The maximum Gasteiger partial charge on any atom is 0.337 e. The van der Waals surface area contributed by atoms with Crippen molar-refractivity contribution in [3.8, 4) is 5.75 Å². The second kappa shape index (κ2) is 11.8. The van der Waals surface area contributed by atoms with Crippen LogP contribution in [0.4, 0.5) is 5.69 Å².